The molecule has 26 heavy (non-hydrogen) atoms. The molecule has 0 aliphatic carbocycles. The van der Waals surface area contributed by atoms with E-state index >= 15 is 0 Å². The summed E-state index contributed by atoms with van der Waals surface area (Å²) in [6, 6.07) is 6.30. The molecule has 1 aromatic carbocycles. The number of amides is 2. The van der Waals surface area contributed by atoms with Crippen LogP contribution in [-0.4, -0.2) is 42.2 Å². The molecule has 0 bridgehead atoms. The maximum Gasteiger partial charge on any atom is 0.273 e. The Labute approximate surface area is 150 Å². The van der Waals surface area contributed by atoms with Gasteiger partial charge in [0.25, 0.3) is 5.91 Å². The second-order valence-corrected chi connectivity index (χ2v) is 5.97. The number of benzene rings is 1. The third-order valence-corrected chi connectivity index (χ3v) is 4.22. The number of nitrogens with one attached hydrogen (secondary N) is 1. The highest BCUT2D eigenvalue weighted by Gasteiger charge is 2.30. The summed E-state index contributed by atoms with van der Waals surface area (Å²) in [7, 11) is 0. The average Bonchev–Trinajstić information content (AvgIpc) is 3.12. The number of aryl methyl sites for hydroxylation is 1. The molecule has 138 valence electrons. The fourth-order valence-corrected chi connectivity index (χ4v) is 2.81. The van der Waals surface area contributed by atoms with E-state index in [0.29, 0.717) is 48.8 Å². The van der Waals surface area contributed by atoms with Gasteiger partial charge in [0.15, 0.2) is 12.1 Å². The Kier molecular flexibility index (Phi) is 5.52. The summed E-state index contributed by atoms with van der Waals surface area (Å²) in [5.41, 5.74) is 5.93. The zero-order chi connectivity index (χ0) is 18.5. The molecule has 2 amide bonds. The summed E-state index contributed by atoms with van der Waals surface area (Å²) >= 11 is 0. The number of hydrogen-bond acceptors (Lipinski definition) is 6. The van der Waals surface area contributed by atoms with Crippen LogP contribution in [0.3, 0.4) is 0 Å². The van der Waals surface area contributed by atoms with Crippen molar-refractivity contribution in [1.29, 1.82) is 0 Å². The molecule has 2 heterocycles. The van der Waals surface area contributed by atoms with Gasteiger partial charge in [-0.3, -0.25) is 9.59 Å². The summed E-state index contributed by atoms with van der Waals surface area (Å²) in [5, 5.41) is 2.96. The first-order chi connectivity index (χ1) is 12.6. The molecule has 2 atom stereocenters. The van der Waals surface area contributed by atoms with Gasteiger partial charge in [-0.25, -0.2) is 4.98 Å². The summed E-state index contributed by atoms with van der Waals surface area (Å²) < 4.78 is 16.6. The molecule has 3 rings (SSSR count). The molecule has 1 aromatic heterocycles. The Hall–Kier alpha value is -2.87. The fraction of sp³-hybridized carbons (Fsp3) is 0.389. The quantitative estimate of drug-likeness (QED) is 0.803. The van der Waals surface area contributed by atoms with E-state index < -0.39 is 5.91 Å². The van der Waals surface area contributed by atoms with Gasteiger partial charge in [-0.05, 0) is 30.7 Å². The fourth-order valence-electron chi connectivity index (χ4n) is 2.81. The second kappa shape index (κ2) is 8.01. The van der Waals surface area contributed by atoms with E-state index in [1.807, 2.05) is 6.92 Å². The predicted octanol–water partition coefficient (Wildman–Crippen LogP) is 1.30. The van der Waals surface area contributed by atoms with E-state index in [1.165, 1.54) is 6.39 Å². The smallest absolute Gasteiger partial charge is 0.273 e. The van der Waals surface area contributed by atoms with E-state index in [-0.39, 0.29) is 18.1 Å². The monoisotopic (exact) mass is 359 g/mol. The SMILES string of the molecule is CCc1ocnc1C(=O)N[C@@H]1CCOC[C@H]1Oc1ccc(C(N)=O)cc1. The van der Waals surface area contributed by atoms with Crippen molar-refractivity contribution in [3.8, 4) is 5.75 Å². The molecule has 1 fully saturated rings. The van der Waals surface area contributed by atoms with Crippen molar-refractivity contribution >= 4 is 11.8 Å². The molecule has 0 saturated carbocycles. The van der Waals surface area contributed by atoms with Crippen LogP contribution in [0.2, 0.25) is 0 Å². The molecule has 1 aliphatic rings. The molecular weight excluding hydrogens is 338 g/mol. The Balaban J connectivity index is 1.67. The Morgan fingerprint density at radius 1 is 1.35 bits per heavy atom. The van der Waals surface area contributed by atoms with Crippen LogP contribution in [0.4, 0.5) is 0 Å². The molecule has 2 aromatic rings. The van der Waals surface area contributed by atoms with Gasteiger partial charge in [-0.2, -0.15) is 0 Å². The van der Waals surface area contributed by atoms with Crippen LogP contribution < -0.4 is 15.8 Å². The summed E-state index contributed by atoms with van der Waals surface area (Å²) in [6.45, 7) is 2.78. The van der Waals surface area contributed by atoms with Gasteiger partial charge in [-0.1, -0.05) is 6.92 Å². The minimum atomic E-state index is -0.498. The lowest BCUT2D eigenvalue weighted by Gasteiger charge is -2.32. The van der Waals surface area contributed by atoms with Crippen LogP contribution in [0.25, 0.3) is 0 Å². The first-order valence-electron chi connectivity index (χ1n) is 8.46. The number of ether oxygens (including phenoxy) is 2. The summed E-state index contributed by atoms with van der Waals surface area (Å²) in [6.07, 6.45) is 2.12. The minimum Gasteiger partial charge on any atom is -0.486 e. The van der Waals surface area contributed by atoms with Gasteiger partial charge in [0.1, 0.15) is 17.6 Å². The maximum atomic E-state index is 12.5. The number of rotatable bonds is 6. The van der Waals surface area contributed by atoms with Crippen molar-refractivity contribution < 1.29 is 23.5 Å². The molecule has 0 unspecified atom stereocenters. The van der Waals surface area contributed by atoms with E-state index in [2.05, 4.69) is 10.3 Å². The van der Waals surface area contributed by atoms with Crippen molar-refractivity contribution in [3.05, 3.63) is 47.7 Å². The number of nitrogens with zero attached hydrogens (tertiary/aromatic N) is 1. The van der Waals surface area contributed by atoms with Crippen LogP contribution in [0, 0.1) is 0 Å². The highest BCUT2D eigenvalue weighted by molar-refractivity contribution is 5.93. The first kappa shape index (κ1) is 17.9. The lowest BCUT2D eigenvalue weighted by atomic mass is 10.1. The average molecular weight is 359 g/mol. The highest BCUT2D eigenvalue weighted by Crippen LogP contribution is 2.19. The van der Waals surface area contributed by atoms with E-state index in [4.69, 9.17) is 19.6 Å². The molecule has 8 heteroatoms. The van der Waals surface area contributed by atoms with Crippen molar-refractivity contribution in [3.63, 3.8) is 0 Å². The number of oxazole rings is 1. The number of carbonyl (C=O) groups is 2. The van der Waals surface area contributed by atoms with Crippen LogP contribution in [-0.2, 0) is 11.2 Å². The van der Waals surface area contributed by atoms with Crippen LogP contribution in [0.1, 0.15) is 40.0 Å². The normalized spacial score (nSPS) is 19.7. The molecule has 0 radical (unpaired) electrons. The van der Waals surface area contributed by atoms with E-state index in [9.17, 15) is 9.59 Å². The standard InChI is InChI=1S/C18H21N3O5/c1-2-14-16(20-10-25-14)18(23)21-13-7-8-24-9-15(13)26-12-5-3-11(4-6-12)17(19)22/h3-6,10,13,15H,2,7-9H2,1H3,(H2,19,22)(H,21,23)/t13-,15-/m1/s1. The van der Waals surface area contributed by atoms with Gasteiger partial charge >= 0.3 is 0 Å². The Morgan fingerprint density at radius 3 is 2.81 bits per heavy atom. The van der Waals surface area contributed by atoms with Gasteiger partial charge in [0.2, 0.25) is 5.91 Å². The van der Waals surface area contributed by atoms with Crippen LogP contribution >= 0.6 is 0 Å². The van der Waals surface area contributed by atoms with Crippen molar-refractivity contribution in [2.75, 3.05) is 13.2 Å². The number of aromatic nitrogens is 1. The van der Waals surface area contributed by atoms with Gasteiger partial charge in [0, 0.05) is 18.6 Å². The predicted molar refractivity (Wildman–Crippen MR) is 91.9 cm³/mol. The van der Waals surface area contributed by atoms with E-state index in [1.54, 1.807) is 24.3 Å². The second-order valence-electron chi connectivity index (χ2n) is 5.97. The molecule has 8 nitrogen and oxygen atoms in total. The summed E-state index contributed by atoms with van der Waals surface area (Å²) in [5.74, 6) is 0.330. The number of primary amides is 1. The summed E-state index contributed by atoms with van der Waals surface area (Å²) in [4.78, 5) is 27.6. The van der Waals surface area contributed by atoms with Crippen molar-refractivity contribution in [2.45, 2.75) is 31.9 Å². The lowest BCUT2D eigenvalue weighted by molar-refractivity contribution is -0.0135. The zero-order valence-electron chi connectivity index (χ0n) is 14.4. The van der Waals surface area contributed by atoms with Crippen LogP contribution in [0.15, 0.2) is 35.1 Å². The molecular formula is C18H21N3O5. The topological polar surface area (TPSA) is 117 Å². The zero-order valence-corrected chi connectivity index (χ0v) is 14.4. The minimum absolute atomic E-state index is 0.228. The third kappa shape index (κ3) is 4.02. The third-order valence-electron chi connectivity index (χ3n) is 4.22. The molecule has 0 spiro atoms. The maximum absolute atomic E-state index is 12.5. The van der Waals surface area contributed by atoms with Crippen molar-refractivity contribution in [2.24, 2.45) is 5.73 Å². The molecule has 3 N–H and O–H groups in total. The Morgan fingerprint density at radius 2 is 2.12 bits per heavy atom. The molecule has 1 saturated heterocycles. The van der Waals surface area contributed by atoms with E-state index in [0.717, 1.165) is 0 Å². The lowest BCUT2D eigenvalue weighted by Crippen LogP contribution is -2.51. The highest BCUT2D eigenvalue weighted by atomic mass is 16.5. The number of carbonyl (C=O) groups excluding carboxylic acids is 2. The first-order valence-corrected chi connectivity index (χ1v) is 8.46. The largest absolute Gasteiger partial charge is 0.486 e. The van der Waals surface area contributed by atoms with Crippen molar-refractivity contribution in [1.82, 2.24) is 10.3 Å². The van der Waals surface area contributed by atoms with Gasteiger partial charge in [-0.15, -0.1) is 0 Å². The number of hydrogen-bond donors (Lipinski definition) is 2. The van der Waals surface area contributed by atoms with Gasteiger partial charge < -0.3 is 24.9 Å². The van der Waals surface area contributed by atoms with Gasteiger partial charge in [0.05, 0.1) is 12.6 Å². The number of nitrogens with two attached hydrogens (primary N) is 1. The van der Waals surface area contributed by atoms with Crippen LogP contribution in [0.5, 0.6) is 5.75 Å². The molecule has 1 aliphatic heterocycles. The Bertz CT molecular complexity index is 771.